The molecule has 1 aliphatic rings. The van der Waals surface area contributed by atoms with Gasteiger partial charge in [-0.15, -0.1) is 12.3 Å². The third-order valence-electron chi connectivity index (χ3n) is 2.33. The van der Waals surface area contributed by atoms with E-state index in [2.05, 4.69) is 11.2 Å². The number of Topliss-reactive ketones (excluding diaryl/α,β-unsaturated/α-hetero) is 1. The number of methoxy groups -OCH3 is 1. The van der Waals surface area contributed by atoms with Crippen molar-refractivity contribution in [1.82, 2.24) is 5.32 Å². The number of rotatable bonds is 4. The van der Waals surface area contributed by atoms with E-state index in [0.717, 1.165) is 13.0 Å². The number of ketones is 1. The summed E-state index contributed by atoms with van der Waals surface area (Å²) in [4.78, 5) is 11.5. The molecule has 1 saturated heterocycles. The van der Waals surface area contributed by atoms with E-state index in [1.807, 2.05) is 0 Å². The van der Waals surface area contributed by atoms with Gasteiger partial charge in [-0.2, -0.15) is 0 Å². The Labute approximate surface area is 78.8 Å². The Morgan fingerprint density at radius 1 is 1.77 bits per heavy atom. The van der Waals surface area contributed by atoms with Gasteiger partial charge in [0.2, 0.25) is 0 Å². The molecule has 0 bridgehead atoms. The van der Waals surface area contributed by atoms with Gasteiger partial charge in [-0.05, 0) is 6.42 Å². The number of carbonyl (C=O) groups excluding carboxylic acids is 1. The predicted molar refractivity (Wildman–Crippen MR) is 50.3 cm³/mol. The van der Waals surface area contributed by atoms with Crippen molar-refractivity contribution in [2.24, 2.45) is 0 Å². The van der Waals surface area contributed by atoms with Crippen LogP contribution in [0.25, 0.3) is 0 Å². The van der Waals surface area contributed by atoms with Crippen LogP contribution >= 0.6 is 0 Å². The van der Waals surface area contributed by atoms with Crippen LogP contribution in [0, 0.1) is 12.3 Å². The van der Waals surface area contributed by atoms with E-state index in [-0.39, 0.29) is 17.9 Å². The molecule has 72 valence electrons. The molecule has 0 amide bonds. The minimum absolute atomic E-state index is 0.0432. The average molecular weight is 181 g/mol. The van der Waals surface area contributed by atoms with E-state index in [9.17, 15) is 4.79 Å². The van der Waals surface area contributed by atoms with E-state index in [0.29, 0.717) is 12.8 Å². The van der Waals surface area contributed by atoms with Crippen molar-refractivity contribution in [2.45, 2.75) is 31.4 Å². The van der Waals surface area contributed by atoms with Crippen LogP contribution in [0.1, 0.15) is 19.3 Å². The molecular formula is C10H15NO2. The van der Waals surface area contributed by atoms with Crippen LogP contribution in [0.3, 0.4) is 0 Å². The molecule has 3 nitrogen and oxygen atoms in total. The third-order valence-corrected chi connectivity index (χ3v) is 2.33. The molecule has 1 rings (SSSR count). The zero-order valence-electron chi connectivity index (χ0n) is 7.88. The van der Waals surface area contributed by atoms with Crippen molar-refractivity contribution in [3.63, 3.8) is 0 Å². The van der Waals surface area contributed by atoms with Crippen molar-refractivity contribution in [1.29, 1.82) is 0 Å². The van der Waals surface area contributed by atoms with Gasteiger partial charge in [-0.25, -0.2) is 0 Å². The molecule has 13 heavy (non-hydrogen) atoms. The molecule has 0 aromatic heterocycles. The highest BCUT2D eigenvalue weighted by molar-refractivity contribution is 5.84. The molecule has 1 aliphatic heterocycles. The first-order valence-corrected chi connectivity index (χ1v) is 4.50. The summed E-state index contributed by atoms with van der Waals surface area (Å²) in [6.07, 6.45) is 7.05. The molecule has 0 saturated carbocycles. The zero-order valence-corrected chi connectivity index (χ0v) is 7.88. The van der Waals surface area contributed by atoms with Crippen LogP contribution in [0.5, 0.6) is 0 Å². The number of nitrogens with one attached hydrogen (secondary N) is 1. The van der Waals surface area contributed by atoms with Crippen molar-refractivity contribution >= 4 is 5.78 Å². The summed E-state index contributed by atoms with van der Waals surface area (Å²) in [5, 5.41) is 3.12. The van der Waals surface area contributed by atoms with Crippen molar-refractivity contribution in [2.75, 3.05) is 13.7 Å². The van der Waals surface area contributed by atoms with Gasteiger partial charge in [-0.1, -0.05) is 0 Å². The predicted octanol–water partition coefficient (Wildman–Crippen LogP) is 0.346. The molecule has 0 aliphatic carbocycles. The maximum Gasteiger partial charge on any atom is 0.150 e. The lowest BCUT2D eigenvalue weighted by molar-refractivity contribution is -0.120. The van der Waals surface area contributed by atoms with Gasteiger partial charge in [0.1, 0.15) is 0 Å². The summed E-state index contributed by atoms with van der Waals surface area (Å²) in [5.41, 5.74) is 0. The van der Waals surface area contributed by atoms with E-state index in [1.165, 1.54) is 0 Å². The Kier molecular flexibility index (Phi) is 3.94. The summed E-state index contributed by atoms with van der Waals surface area (Å²) in [7, 11) is 1.67. The normalized spacial score (nSPS) is 27.1. The Balaban J connectivity index is 2.30. The monoisotopic (exact) mass is 181 g/mol. The first-order valence-electron chi connectivity index (χ1n) is 4.50. The number of hydrogen-bond donors (Lipinski definition) is 1. The van der Waals surface area contributed by atoms with E-state index < -0.39 is 0 Å². The molecular weight excluding hydrogens is 166 g/mol. The maximum absolute atomic E-state index is 11.5. The largest absolute Gasteiger partial charge is 0.380 e. The number of terminal acetylenes is 1. The molecule has 2 unspecified atom stereocenters. The first kappa shape index (κ1) is 10.2. The average Bonchev–Trinajstić information content (AvgIpc) is 2.62. The fourth-order valence-corrected chi connectivity index (χ4v) is 1.50. The van der Waals surface area contributed by atoms with Gasteiger partial charge in [-0.3, -0.25) is 4.79 Å². The summed E-state index contributed by atoms with van der Waals surface area (Å²) < 4.78 is 5.14. The first-order chi connectivity index (χ1) is 6.27. The zero-order chi connectivity index (χ0) is 9.68. The van der Waals surface area contributed by atoms with E-state index in [4.69, 9.17) is 11.2 Å². The van der Waals surface area contributed by atoms with E-state index in [1.54, 1.807) is 7.11 Å². The highest BCUT2D eigenvalue weighted by Crippen LogP contribution is 2.12. The topological polar surface area (TPSA) is 38.3 Å². The highest BCUT2D eigenvalue weighted by Gasteiger charge is 2.28. The Morgan fingerprint density at radius 3 is 3.08 bits per heavy atom. The van der Waals surface area contributed by atoms with Gasteiger partial charge in [0, 0.05) is 26.5 Å². The van der Waals surface area contributed by atoms with Gasteiger partial charge in [0.15, 0.2) is 5.78 Å². The van der Waals surface area contributed by atoms with Crippen LogP contribution in [-0.2, 0) is 9.53 Å². The quantitative estimate of drug-likeness (QED) is 0.636. The van der Waals surface area contributed by atoms with Crippen molar-refractivity contribution < 1.29 is 9.53 Å². The molecule has 0 aromatic carbocycles. The number of ether oxygens (including phenoxy) is 1. The highest BCUT2D eigenvalue weighted by atomic mass is 16.5. The van der Waals surface area contributed by atoms with Crippen molar-refractivity contribution in [3.8, 4) is 12.3 Å². The second-order valence-corrected chi connectivity index (χ2v) is 3.22. The molecule has 1 heterocycles. The fourth-order valence-electron chi connectivity index (χ4n) is 1.50. The van der Waals surface area contributed by atoms with Crippen LogP contribution in [-0.4, -0.2) is 31.6 Å². The summed E-state index contributed by atoms with van der Waals surface area (Å²) in [6.45, 7) is 0.767. The standard InChI is InChI=1S/C10H15NO2/c1-3-4-5-10(12)9-6-8(13-2)7-11-9/h1,8-9,11H,4-7H2,2H3. The molecule has 0 spiro atoms. The molecule has 1 fully saturated rings. The maximum atomic E-state index is 11.5. The Morgan fingerprint density at radius 2 is 2.54 bits per heavy atom. The minimum atomic E-state index is -0.0432. The second kappa shape index (κ2) is 5.00. The number of hydrogen-bond acceptors (Lipinski definition) is 3. The van der Waals surface area contributed by atoms with Gasteiger partial charge < -0.3 is 10.1 Å². The fraction of sp³-hybridized carbons (Fsp3) is 0.700. The lowest BCUT2D eigenvalue weighted by Crippen LogP contribution is -2.30. The molecule has 2 atom stereocenters. The second-order valence-electron chi connectivity index (χ2n) is 3.22. The van der Waals surface area contributed by atoms with Gasteiger partial charge in [0.25, 0.3) is 0 Å². The Hall–Kier alpha value is -0.850. The van der Waals surface area contributed by atoms with Crippen LogP contribution in [0.4, 0.5) is 0 Å². The number of carbonyl (C=O) groups is 1. The summed E-state index contributed by atoms with van der Waals surface area (Å²) in [6, 6.07) is -0.0432. The SMILES string of the molecule is C#CCCC(=O)C1CC(OC)CN1. The van der Waals surface area contributed by atoms with Crippen LogP contribution in [0.2, 0.25) is 0 Å². The molecule has 0 aromatic rings. The molecule has 1 N–H and O–H groups in total. The lowest BCUT2D eigenvalue weighted by atomic mass is 10.1. The molecule has 3 heteroatoms. The smallest absolute Gasteiger partial charge is 0.150 e. The molecule has 0 radical (unpaired) electrons. The van der Waals surface area contributed by atoms with Gasteiger partial charge in [0.05, 0.1) is 12.1 Å². The lowest BCUT2D eigenvalue weighted by Gasteiger charge is -2.07. The Bertz CT molecular complexity index is 219. The van der Waals surface area contributed by atoms with E-state index >= 15 is 0 Å². The van der Waals surface area contributed by atoms with Crippen LogP contribution in [0.15, 0.2) is 0 Å². The third kappa shape index (κ3) is 2.83. The van der Waals surface area contributed by atoms with Gasteiger partial charge >= 0.3 is 0 Å². The summed E-state index contributed by atoms with van der Waals surface area (Å²) >= 11 is 0. The minimum Gasteiger partial charge on any atom is -0.380 e. The summed E-state index contributed by atoms with van der Waals surface area (Å²) in [5.74, 6) is 2.67. The van der Waals surface area contributed by atoms with Crippen molar-refractivity contribution in [3.05, 3.63) is 0 Å². The van der Waals surface area contributed by atoms with Crippen LogP contribution < -0.4 is 5.32 Å².